The van der Waals surface area contributed by atoms with Gasteiger partial charge in [-0.25, -0.2) is 0 Å². The van der Waals surface area contributed by atoms with Crippen LogP contribution in [0, 0.1) is 0 Å². The summed E-state index contributed by atoms with van der Waals surface area (Å²) in [5.41, 5.74) is 3.28. The van der Waals surface area contributed by atoms with Crippen molar-refractivity contribution in [2.75, 3.05) is 0 Å². The molecule has 0 radical (unpaired) electrons. The van der Waals surface area contributed by atoms with E-state index in [1.54, 1.807) is 36.4 Å². The quantitative estimate of drug-likeness (QED) is 0.175. The molecule has 8 nitrogen and oxygen atoms in total. The molecule has 0 saturated heterocycles. The molecular weight excluding hydrogens is 458 g/mol. The summed E-state index contributed by atoms with van der Waals surface area (Å²) in [5, 5.41) is 58.4. The topological polar surface area (TPSA) is 146 Å². The van der Waals surface area contributed by atoms with Gasteiger partial charge in [0.2, 0.25) is 0 Å². The van der Waals surface area contributed by atoms with Crippen molar-refractivity contribution in [2.24, 2.45) is 9.98 Å². The van der Waals surface area contributed by atoms with E-state index in [1.807, 2.05) is 36.4 Å². The van der Waals surface area contributed by atoms with Crippen LogP contribution in [0.15, 0.2) is 94.9 Å². The lowest BCUT2D eigenvalue weighted by molar-refractivity contribution is 0.418. The summed E-state index contributed by atoms with van der Waals surface area (Å²) in [6.45, 7) is 0. The zero-order valence-corrected chi connectivity index (χ0v) is 19.0. The van der Waals surface area contributed by atoms with Gasteiger partial charge in [0.25, 0.3) is 0 Å². The highest BCUT2D eigenvalue weighted by molar-refractivity contribution is 6.60. The number of aliphatic imine (C=N–C) groups is 2. The lowest BCUT2D eigenvalue weighted by Crippen LogP contribution is -2.30. The fraction of sp³-hybridized carbons (Fsp3) is 0. The summed E-state index contributed by atoms with van der Waals surface area (Å²) in [4.78, 5) is 9.05. The zero-order chi connectivity index (χ0) is 25.7. The van der Waals surface area contributed by atoms with Crippen molar-refractivity contribution in [2.45, 2.75) is 0 Å². The molecule has 36 heavy (non-hydrogen) atoms. The average Bonchev–Trinajstić information content (AvgIpc) is 2.87. The molecule has 6 N–H and O–H groups in total. The van der Waals surface area contributed by atoms with Gasteiger partial charge in [0.15, 0.2) is 0 Å². The molecular formula is C26H22B2N2O6. The third-order valence-corrected chi connectivity index (χ3v) is 5.54. The number of rotatable bonds is 7. The minimum atomic E-state index is -1.81. The molecule has 0 aromatic heterocycles. The minimum Gasteiger partial charge on any atom is -0.508 e. The molecule has 4 aromatic rings. The Kier molecular flexibility index (Phi) is 7.62. The van der Waals surface area contributed by atoms with Crippen LogP contribution in [-0.2, 0) is 0 Å². The molecule has 0 aliphatic rings. The SMILES string of the molecule is OB(O)c1cccc(C=Nc2ccccc2-c2ccccc2N=Cc2cccc(B(O)O)c2O)c1O. The molecule has 178 valence electrons. The number of phenols is 2. The van der Waals surface area contributed by atoms with Crippen molar-refractivity contribution < 1.29 is 30.3 Å². The second kappa shape index (κ2) is 11.0. The monoisotopic (exact) mass is 480 g/mol. The van der Waals surface area contributed by atoms with E-state index in [1.165, 1.54) is 24.6 Å². The van der Waals surface area contributed by atoms with Gasteiger partial charge in [-0.2, -0.15) is 0 Å². The second-order valence-electron chi connectivity index (χ2n) is 7.87. The van der Waals surface area contributed by atoms with Crippen LogP contribution in [0.4, 0.5) is 11.4 Å². The van der Waals surface area contributed by atoms with Gasteiger partial charge in [-0.05, 0) is 24.3 Å². The number of hydrogen-bond acceptors (Lipinski definition) is 8. The van der Waals surface area contributed by atoms with Gasteiger partial charge in [0.05, 0.1) is 11.4 Å². The molecule has 4 aromatic carbocycles. The van der Waals surface area contributed by atoms with Crippen LogP contribution in [-0.4, -0.2) is 57.0 Å². The highest BCUT2D eigenvalue weighted by atomic mass is 16.4. The van der Waals surface area contributed by atoms with Gasteiger partial charge in [-0.15, -0.1) is 0 Å². The maximum Gasteiger partial charge on any atom is 0.492 e. The fourth-order valence-electron chi connectivity index (χ4n) is 3.69. The number of aromatic hydroxyl groups is 2. The molecule has 0 fully saturated rings. The molecule has 0 saturated carbocycles. The number of para-hydroxylation sites is 4. The third kappa shape index (κ3) is 5.37. The number of benzene rings is 4. The standard InChI is InChI=1S/C26H22B2N2O6/c31-25-17(7-5-11-21(25)27(33)34)15-29-23-13-3-1-9-19(23)20-10-2-4-14-24(20)30-16-18-8-6-12-22(26(18)32)28(35)36/h1-16,31-36H. The van der Waals surface area contributed by atoms with E-state index < -0.39 is 14.2 Å². The maximum atomic E-state index is 10.3. The molecule has 0 atom stereocenters. The Morgan fingerprint density at radius 3 is 1.28 bits per heavy atom. The largest absolute Gasteiger partial charge is 0.508 e. The first kappa shape index (κ1) is 24.9. The van der Waals surface area contributed by atoms with E-state index >= 15 is 0 Å². The predicted molar refractivity (Wildman–Crippen MR) is 142 cm³/mol. The van der Waals surface area contributed by atoms with Crippen LogP contribution < -0.4 is 10.9 Å². The van der Waals surface area contributed by atoms with Gasteiger partial charge < -0.3 is 30.3 Å². The van der Waals surface area contributed by atoms with E-state index in [-0.39, 0.29) is 22.4 Å². The Morgan fingerprint density at radius 2 is 0.889 bits per heavy atom. The Hall–Kier alpha value is -4.21. The molecule has 0 spiro atoms. The Labute approximate surface area is 208 Å². The summed E-state index contributed by atoms with van der Waals surface area (Å²) in [6, 6.07) is 23.9. The minimum absolute atomic E-state index is 0.0204. The van der Waals surface area contributed by atoms with Crippen LogP contribution in [0.3, 0.4) is 0 Å². The smallest absolute Gasteiger partial charge is 0.492 e. The van der Waals surface area contributed by atoms with E-state index in [9.17, 15) is 30.3 Å². The number of phenolic OH excluding ortho intramolecular Hbond substituents is 2. The van der Waals surface area contributed by atoms with Gasteiger partial charge >= 0.3 is 14.2 Å². The van der Waals surface area contributed by atoms with Crippen LogP contribution in [0.2, 0.25) is 0 Å². The summed E-state index contributed by atoms with van der Waals surface area (Å²) in [5.74, 6) is -0.539. The van der Waals surface area contributed by atoms with Crippen molar-refractivity contribution in [3.05, 3.63) is 96.1 Å². The molecule has 0 aliphatic heterocycles. The summed E-state index contributed by atoms with van der Waals surface area (Å²) in [6.07, 6.45) is 2.88. The second-order valence-corrected chi connectivity index (χ2v) is 7.87. The van der Waals surface area contributed by atoms with Crippen molar-refractivity contribution in [3.8, 4) is 22.6 Å². The van der Waals surface area contributed by atoms with Crippen molar-refractivity contribution in [1.29, 1.82) is 0 Å². The highest BCUT2D eigenvalue weighted by Gasteiger charge is 2.18. The molecule has 10 heteroatoms. The van der Waals surface area contributed by atoms with Gasteiger partial charge in [-0.1, -0.05) is 60.7 Å². The first-order chi connectivity index (χ1) is 17.4. The van der Waals surface area contributed by atoms with Gasteiger partial charge in [0.1, 0.15) is 11.5 Å². The lowest BCUT2D eigenvalue weighted by atomic mass is 9.78. The van der Waals surface area contributed by atoms with Gasteiger partial charge in [0, 0.05) is 45.6 Å². The zero-order valence-electron chi connectivity index (χ0n) is 19.0. The van der Waals surface area contributed by atoms with E-state index in [4.69, 9.17) is 0 Å². The molecule has 0 aliphatic carbocycles. The van der Waals surface area contributed by atoms with Crippen LogP contribution in [0.25, 0.3) is 11.1 Å². The first-order valence-electron chi connectivity index (χ1n) is 11.0. The number of hydrogen-bond donors (Lipinski definition) is 6. The molecule has 0 heterocycles. The van der Waals surface area contributed by atoms with Crippen LogP contribution in [0.5, 0.6) is 11.5 Å². The normalized spacial score (nSPS) is 11.3. The maximum absolute atomic E-state index is 10.3. The third-order valence-electron chi connectivity index (χ3n) is 5.54. The fourth-order valence-corrected chi connectivity index (χ4v) is 3.69. The molecule has 4 rings (SSSR count). The molecule has 0 unspecified atom stereocenters. The van der Waals surface area contributed by atoms with E-state index in [2.05, 4.69) is 9.98 Å². The summed E-state index contributed by atoms with van der Waals surface area (Å²) < 4.78 is 0. The Morgan fingerprint density at radius 1 is 0.500 bits per heavy atom. The van der Waals surface area contributed by atoms with E-state index in [0.29, 0.717) is 22.5 Å². The summed E-state index contributed by atoms with van der Waals surface area (Å²) >= 11 is 0. The number of nitrogens with zero attached hydrogens (tertiary/aromatic N) is 2. The van der Waals surface area contributed by atoms with Gasteiger partial charge in [-0.3, -0.25) is 9.98 Å². The van der Waals surface area contributed by atoms with Crippen molar-refractivity contribution in [1.82, 2.24) is 0 Å². The Bertz CT molecular complexity index is 1330. The molecule has 0 amide bonds. The average molecular weight is 480 g/mol. The van der Waals surface area contributed by atoms with Crippen molar-refractivity contribution in [3.63, 3.8) is 0 Å². The Balaban J connectivity index is 1.71. The first-order valence-corrected chi connectivity index (χ1v) is 11.0. The summed E-state index contributed by atoms with van der Waals surface area (Å²) in [7, 11) is -3.62. The van der Waals surface area contributed by atoms with E-state index in [0.717, 1.165) is 11.1 Å². The predicted octanol–water partition coefficient (Wildman–Crippen LogP) is 1.63. The van der Waals surface area contributed by atoms with Crippen LogP contribution in [0.1, 0.15) is 11.1 Å². The van der Waals surface area contributed by atoms with Crippen LogP contribution >= 0.6 is 0 Å². The molecule has 0 bridgehead atoms. The highest BCUT2D eigenvalue weighted by Crippen LogP contribution is 2.36. The van der Waals surface area contributed by atoms with Crippen molar-refractivity contribution >= 4 is 49.0 Å². The lowest BCUT2D eigenvalue weighted by Gasteiger charge is -2.10.